The summed E-state index contributed by atoms with van der Waals surface area (Å²) in [5, 5.41) is 4.70. The number of likely N-dealkylation sites (tertiary alicyclic amines) is 1. The Morgan fingerprint density at radius 2 is 2.25 bits per heavy atom. The number of aromatic nitrogens is 4. The normalized spacial score (nSPS) is 19.6. The van der Waals surface area contributed by atoms with Crippen LogP contribution in [0.25, 0.3) is 11.6 Å². The summed E-state index contributed by atoms with van der Waals surface area (Å²) in [4.78, 5) is 26.5. The monoisotopic (exact) mass is 401 g/mol. The van der Waals surface area contributed by atoms with Gasteiger partial charge in [0.25, 0.3) is 11.8 Å². The number of aromatic amines is 1. The van der Waals surface area contributed by atoms with Crippen LogP contribution in [0.1, 0.15) is 41.9 Å². The van der Waals surface area contributed by atoms with Crippen molar-refractivity contribution in [2.75, 3.05) is 13.7 Å². The van der Waals surface area contributed by atoms with E-state index in [0.29, 0.717) is 40.4 Å². The molecule has 8 nitrogen and oxygen atoms in total. The standard InChI is InChI=1S/C19H20ClN5O3/c1-11-3-4-13(17-23-18(28-24-17)15-8-14(20)9-22-15)10-25(11)19(26)12-5-6-21-16(7-12)27-2/h5-9,11,13,22H,3-4,10H2,1-2H3. The van der Waals surface area contributed by atoms with E-state index < -0.39 is 0 Å². The van der Waals surface area contributed by atoms with Crippen molar-refractivity contribution in [1.82, 2.24) is 25.0 Å². The molecule has 4 heterocycles. The number of carbonyl (C=O) groups is 1. The Kier molecular flexibility index (Phi) is 5.04. The number of methoxy groups -OCH3 is 1. The van der Waals surface area contributed by atoms with E-state index in [0.717, 1.165) is 12.8 Å². The molecular weight excluding hydrogens is 382 g/mol. The lowest BCUT2D eigenvalue weighted by Gasteiger charge is -2.37. The van der Waals surface area contributed by atoms with Crippen molar-refractivity contribution >= 4 is 17.5 Å². The molecule has 1 fully saturated rings. The van der Waals surface area contributed by atoms with E-state index in [1.165, 1.54) is 7.11 Å². The number of ether oxygens (including phenoxy) is 1. The Hall–Kier alpha value is -2.87. The van der Waals surface area contributed by atoms with Crippen LogP contribution >= 0.6 is 11.6 Å². The summed E-state index contributed by atoms with van der Waals surface area (Å²) in [5.74, 6) is 1.35. The minimum atomic E-state index is -0.0576. The molecule has 9 heteroatoms. The Morgan fingerprint density at radius 3 is 3.00 bits per heavy atom. The van der Waals surface area contributed by atoms with Gasteiger partial charge in [-0.1, -0.05) is 16.8 Å². The Labute approximate surface area is 166 Å². The van der Waals surface area contributed by atoms with Gasteiger partial charge in [0.15, 0.2) is 5.82 Å². The molecule has 3 aromatic heterocycles. The van der Waals surface area contributed by atoms with E-state index >= 15 is 0 Å². The van der Waals surface area contributed by atoms with Crippen LogP contribution in [-0.4, -0.2) is 50.6 Å². The Balaban J connectivity index is 1.53. The predicted molar refractivity (Wildman–Crippen MR) is 102 cm³/mol. The SMILES string of the molecule is COc1cc(C(=O)N2CC(c3noc(-c4cc(Cl)c[nH]4)n3)CCC2C)ccn1. The molecule has 4 rings (SSSR count). The zero-order chi connectivity index (χ0) is 19.7. The van der Waals surface area contributed by atoms with E-state index in [9.17, 15) is 4.79 Å². The smallest absolute Gasteiger partial charge is 0.274 e. The second-order valence-electron chi connectivity index (χ2n) is 6.86. The van der Waals surface area contributed by atoms with Gasteiger partial charge in [0.2, 0.25) is 5.88 Å². The number of hydrogen-bond donors (Lipinski definition) is 1. The first kappa shape index (κ1) is 18.5. The lowest BCUT2D eigenvalue weighted by Crippen LogP contribution is -2.45. The molecule has 0 aliphatic carbocycles. The molecule has 0 radical (unpaired) electrons. The molecule has 1 saturated heterocycles. The van der Waals surface area contributed by atoms with E-state index in [1.54, 1.807) is 30.6 Å². The van der Waals surface area contributed by atoms with Gasteiger partial charge in [-0.15, -0.1) is 0 Å². The van der Waals surface area contributed by atoms with Crippen molar-refractivity contribution in [3.8, 4) is 17.5 Å². The maximum absolute atomic E-state index is 13.0. The van der Waals surface area contributed by atoms with E-state index in [2.05, 4.69) is 27.0 Å². The van der Waals surface area contributed by atoms with Crippen LogP contribution < -0.4 is 4.74 Å². The quantitative estimate of drug-likeness (QED) is 0.718. The summed E-state index contributed by atoms with van der Waals surface area (Å²) in [7, 11) is 1.53. The average molecular weight is 402 g/mol. The van der Waals surface area contributed by atoms with Crippen LogP contribution in [0.2, 0.25) is 5.02 Å². The van der Waals surface area contributed by atoms with E-state index in [-0.39, 0.29) is 17.9 Å². The van der Waals surface area contributed by atoms with Gasteiger partial charge < -0.3 is 19.1 Å². The molecule has 28 heavy (non-hydrogen) atoms. The second-order valence-corrected chi connectivity index (χ2v) is 7.29. The molecule has 3 aromatic rings. The molecule has 1 amide bonds. The average Bonchev–Trinajstić information content (AvgIpc) is 3.37. The fraction of sp³-hybridized carbons (Fsp3) is 0.368. The van der Waals surface area contributed by atoms with Gasteiger partial charge in [-0.25, -0.2) is 4.98 Å². The molecule has 146 valence electrons. The third-order valence-electron chi connectivity index (χ3n) is 5.02. The maximum atomic E-state index is 13.0. The molecule has 0 bridgehead atoms. The predicted octanol–water partition coefficient (Wildman–Crippen LogP) is 3.53. The van der Waals surface area contributed by atoms with Gasteiger partial charge in [-0.05, 0) is 31.9 Å². The summed E-state index contributed by atoms with van der Waals surface area (Å²) in [6.45, 7) is 2.57. The zero-order valence-electron chi connectivity index (χ0n) is 15.6. The fourth-order valence-electron chi connectivity index (χ4n) is 3.42. The summed E-state index contributed by atoms with van der Waals surface area (Å²) < 4.78 is 10.5. The molecule has 0 spiro atoms. The number of piperidine rings is 1. The van der Waals surface area contributed by atoms with Crippen molar-refractivity contribution in [3.05, 3.63) is 47.0 Å². The van der Waals surface area contributed by atoms with Crippen molar-refractivity contribution in [1.29, 1.82) is 0 Å². The Bertz CT molecular complexity index is 985. The minimum Gasteiger partial charge on any atom is -0.481 e. The summed E-state index contributed by atoms with van der Waals surface area (Å²) in [5.41, 5.74) is 1.22. The first-order chi connectivity index (χ1) is 13.5. The van der Waals surface area contributed by atoms with Gasteiger partial charge in [0.05, 0.1) is 12.1 Å². The van der Waals surface area contributed by atoms with Crippen molar-refractivity contribution in [2.24, 2.45) is 0 Å². The van der Waals surface area contributed by atoms with Crippen LogP contribution in [0.15, 0.2) is 35.1 Å². The molecular formula is C19H20ClN5O3. The van der Waals surface area contributed by atoms with Crippen LogP contribution in [0.5, 0.6) is 5.88 Å². The number of H-pyrrole nitrogens is 1. The molecule has 0 saturated carbocycles. The number of rotatable bonds is 4. The summed E-state index contributed by atoms with van der Waals surface area (Å²) in [6, 6.07) is 5.20. The number of nitrogens with zero attached hydrogens (tertiary/aromatic N) is 4. The molecule has 1 aliphatic rings. The second kappa shape index (κ2) is 7.63. The van der Waals surface area contributed by atoms with E-state index in [4.69, 9.17) is 20.9 Å². The maximum Gasteiger partial charge on any atom is 0.274 e. The molecule has 1 aliphatic heterocycles. The summed E-state index contributed by atoms with van der Waals surface area (Å²) in [6.07, 6.45) is 4.98. The van der Waals surface area contributed by atoms with Crippen LogP contribution in [-0.2, 0) is 0 Å². The van der Waals surface area contributed by atoms with Gasteiger partial charge in [-0.2, -0.15) is 4.98 Å². The van der Waals surface area contributed by atoms with Gasteiger partial charge in [-0.3, -0.25) is 4.79 Å². The van der Waals surface area contributed by atoms with Crippen LogP contribution in [0.4, 0.5) is 0 Å². The van der Waals surface area contributed by atoms with Crippen molar-refractivity contribution < 1.29 is 14.1 Å². The largest absolute Gasteiger partial charge is 0.481 e. The summed E-state index contributed by atoms with van der Waals surface area (Å²) >= 11 is 5.94. The Morgan fingerprint density at radius 1 is 1.39 bits per heavy atom. The van der Waals surface area contributed by atoms with Gasteiger partial charge in [0, 0.05) is 42.5 Å². The molecule has 1 N–H and O–H groups in total. The molecule has 0 aromatic carbocycles. The minimum absolute atomic E-state index is 0.00631. The third-order valence-corrected chi connectivity index (χ3v) is 5.24. The van der Waals surface area contributed by atoms with Crippen molar-refractivity contribution in [2.45, 2.75) is 31.7 Å². The van der Waals surface area contributed by atoms with Gasteiger partial charge >= 0.3 is 0 Å². The van der Waals surface area contributed by atoms with Crippen LogP contribution in [0, 0.1) is 0 Å². The lowest BCUT2D eigenvalue weighted by molar-refractivity contribution is 0.0604. The number of pyridine rings is 1. The number of nitrogens with one attached hydrogen (secondary N) is 1. The first-order valence-electron chi connectivity index (χ1n) is 9.04. The highest BCUT2D eigenvalue weighted by Crippen LogP contribution is 2.31. The first-order valence-corrected chi connectivity index (χ1v) is 9.42. The number of halogens is 1. The highest BCUT2D eigenvalue weighted by molar-refractivity contribution is 6.30. The fourth-order valence-corrected chi connectivity index (χ4v) is 3.59. The molecule has 2 unspecified atom stereocenters. The van der Waals surface area contributed by atoms with E-state index in [1.807, 2.05) is 4.90 Å². The highest BCUT2D eigenvalue weighted by Gasteiger charge is 2.33. The number of amides is 1. The van der Waals surface area contributed by atoms with Crippen LogP contribution in [0.3, 0.4) is 0 Å². The molecule has 2 atom stereocenters. The van der Waals surface area contributed by atoms with Crippen molar-refractivity contribution in [3.63, 3.8) is 0 Å². The third kappa shape index (κ3) is 3.60. The number of hydrogen-bond acceptors (Lipinski definition) is 6. The van der Waals surface area contributed by atoms with Gasteiger partial charge in [0.1, 0.15) is 5.69 Å². The topological polar surface area (TPSA) is 97.1 Å². The number of carbonyl (C=O) groups excluding carboxylic acids is 1. The lowest BCUT2D eigenvalue weighted by atomic mass is 9.92. The highest BCUT2D eigenvalue weighted by atomic mass is 35.5. The zero-order valence-corrected chi connectivity index (χ0v) is 16.3.